The van der Waals surface area contributed by atoms with Gasteiger partial charge in [0.25, 0.3) is 0 Å². The van der Waals surface area contributed by atoms with Crippen molar-refractivity contribution in [2.45, 2.75) is 12.8 Å². The third kappa shape index (κ3) is 2.32. The van der Waals surface area contributed by atoms with Gasteiger partial charge in [-0.2, -0.15) is 0 Å². The van der Waals surface area contributed by atoms with Crippen molar-refractivity contribution in [3.05, 3.63) is 53.6 Å². The average molecular weight is 253 g/mol. The predicted octanol–water partition coefficient (Wildman–Crippen LogP) is 3.41. The Kier molecular flexibility index (Phi) is 2.95. The minimum atomic E-state index is -0.888. The Hall–Kier alpha value is -2.29. The summed E-state index contributed by atoms with van der Waals surface area (Å²) in [5.74, 6) is -0.888. The van der Waals surface area contributed by atoms with Gasteiger partial charge in [0.2, 0.25) is 0 Å². The Morgan fingerprint density at radius 2 is 1.79 bits per heavy atom. The van der Waals surface area contributed by atoms with Gasteiger partial charge in [-0.1, -0.05) is 18.2 Å². The number of carbonyl (C=O) groups is 1. The van der Waals surface area contributed by atoms with E-state index < -0.39 is 5.97 Å². The van der Waals surface area contributed by atoms with Gasteiger partial charge in [0.05, 0.1) is 5.56 Å². The zero-order valence-corrected chi connectivity index (χ0v) is 10.5. The van der Waals surface area contributed by atoms with Crippen LogP contribution < -0.4 is 5.32 Å². The summed E-state index contributed by atoms with van der Waals surface area (Å²) in [6, 6.07) is 13.4. The maximum absolute atomic E-state index is 10.8. The summed E-state index contributed by atoms with van der Waals surface area (Å²) in [6.07, 6.45) is 2.26. The SMILES string of the molecule is O=C(O)c1ccc(-c2ccc3c(c2)CCCN3)cc1. The smallest absolute Gasteiger partial charge is 0.335 e. The number of fused-ring (bicyclic) bond motifs is 1. The molecule has 0 bridgehead atoms. The molecule has 0 spiro atoms. The average Bonchev–Trinajstić information content (AvgIpc) is 2.47. The lowest BCUT2D eigenvalue weighted by atomic mass is 9.97. The van der Waals surface area contributed by atoms with E-state index in [0.717, 1.165) is 30.5 Å². The van der Waals surface area contributed by atoms with E-state index in [0.29, 0.717) is 5.56 Å². The number of carboxylic acid groups (broad SMARTS) is 1. The molecule has 2 aromatic carbocycles. The molecule has 19 heavy (non-hydrogen) atoms. The predicted molar refractivity (Wildman–Crippen MR) is 75.6 cm³/mol. The topological polar surface area (TPSA) is 49.3 Å². The number of rotatable bonds is 2. The fourth-order valence-electron chi connectivity index (χ4n) is 2.46. The van der Waals surface area contributed by atoms with Crippen molar-refractivity contribution >= 4 is 11.7 Å². The molecular weight excluding hydrogens is 238 g/mol. The first-order valence-corrected chi connectivity index (χ1v) is 6.44. The fraction of sp³-hybridized carbons (Fsp3) is 0.188. The quantitative estimate of drug-likeness (QED) is 0.862. The standard InChI is InChI=1S/C16H15NO2/c18-16(19)12-5-3-11(4-6-12)13-7-8-15-14(10-13)2-1-9-17-15/h3-8,10,17H,1-2,9H2,(H,18,19). The fourth-order valence-corrected chi connectivity index (χ4v) is 2.46. The van der Waals surface area contributed by atoms with Gasteiger partial charge in [-0.05, 0) is 53.8 Å². The second-order valence-corrected chi connectivity index (χ2v) is 4.78. The van der Waals surface area contributed by atoms with Crippen LogP contribution in [0.3, 0.4) is 0 Å². The van der Waals surface area contributed by atoms with Crippen LogP contribution >= 0.6 is 0 Å². The van der Waals surface area contributed by atoms with Gasteiger partial charge in [-0.15, -0.1) is 0 Å². The second-order valence-electron chi connectivity index (χ2n) is 4.78. The molecular formula is C16H15NO2. The first-order chi connectivity index (χ1) is 9.24. The number of hydrogen-bond donors (Lipinski definition) is 2. The molecule has 96 valence electrons. The van der Waals surface area contributed by atoms with E-state index in [1.54, 1.807) is 12.1 Å². The van der Waals surface area contributed by atoms with E-state index in [1.807, 2.05) is 12.1 Å². The van der Waals surface area contributed by atoms with Gasteiger partial charge >= 0.3 is 5.97 Å². The lowest BCUT2D eigenvalue weighted by molar-refractivity contribution is 0.0697. The molecule has 2 aromatic rings. The van der Waals surface area contributed by atoms with E-state index in [4.69, 9.17) is 5.11 Å². The summed E-state index contributed by atoms with van der Waals surface area (Å²) in [5.41, 5.74) is 5.07. The summed E-state index contributed by atoms with van der Waals surface area (Å²) < 4.78 is 0. The van der Waals surface area contributed by atoms with Gasteiger partial charge in [0, 0.05) is 12.2 Å². The summed E-state index contributed by atoms with van der Waals surface area (Å²) >= 11 is 0. The van der Waals surface area contributed by atoms with Crippen molar-refractivity contribution < 1.29 is 9.90 Å². The van der Waals surface area contributed by atoms with E-state index in [-0.39, 0.29) is 0 Å². The molecule has 0 unspecified atom stereocenters. The van der Waals surface area contributed by atoms with Crippen molar-refractivity contribution in [3.63, 3.8) is 0 Å². The Bertz CT molecular complexity index is 617. The number of aryl methyl sites for hydroxylation is 1. The zero-order chi connectivity index (χ0) is 13.2. The van der Waals surface area contributed by atoms with Crippen molar-refractivity contribution in [2.24, 2.45) is 0 Å². The molecule has 1 aliphatic rings. The number of anilines is 1. The second kappa shape index (κ2) is 4.76. The molecule has 0 saturated heterocycles. The molecule has 3 rings (SSSR count). The van der Waals surface area contributed by atoms with Gasteiger partial charge in [-0.25, -0.2) is 4.79 Å². The van der Waals surface area contributed by atoms with Crippen LogP contribution in [0.4, 0.5) is 5.69 Å². The first-order valence-electron chi connectivity index (χ1n) is 6.44. The molecule has 1 heterocycles. The van der Waals surface area contributed by atoms with E-state index >= 15 is 0 Å². The van der Waals surface area contributed by atoms with Crippen LogP contribution in [0.25, 0.3) is 11.1 Å². The largest absolute Gasteiger partial charge is 0.478 e. The van der Waals surface area contributed by atoms with Crippen LogP contribution in [-0.2, 0) is 6.42 Å². The molecule has 2 N–H and O–H groups in total. The Morgan fingerprint density at radius 3 is 2.53 bits per heavy atom. The number of nitrogens with one attached hydrogen (secondary N) is 1. The molecule has 0 aliphatic carbocycles. The highest BCUT2D eigenvalue weighted by Gasteiger charge is 2.10. The molecule has 0 saturated carbocycles. The number of benzene rings is 2. The molecule has 3 heteroatoms. The van der Waals surface area contributed by atoms with Gasteiger partial charge in [0.1, 0.15) is 0 Å². The Morgan fingerprint density at radius 1 is 1.05 bits per heavy atom. The van der Waals surface area contributed by atoms with Crippen LogP contribution in [0.2, 0.25) is 0 Å². The van der Waals surface area contributed by atoms with Crippen molar-refractivity contribution in [3.8, 4) is 11.1 Å². The summed E-state index contributed by atoms with van der Waals surface area (Å²) in [7, 11) is 0. The van der Waals surface area contributed by atoms with Gasteiger partial charge in [0.15, 0.2) is 0 Å². The van der Waals surface area contributed by atoms with E-state index in [2.05, 4.69) is 23.5 Å². The minimum Gasteiger partial charge on any atom is -0.478 e. The van der Waals surface area contributed by atoms with Crippen LogP contribution in [0.1, 0.15) is 22.3 Å². The highest BCUT2D eigenvalue weighted by Crippen LogP contribution is 2.28. The van der Waals surface area contributed by atoms with Crippen LogP contribution in [-0.4, -0.2) is 17.6 Å². The third-order valence-corrected chi connectivity index (χ3v) is 3.51. The maximum atomic E-state index is 10.8. The number of aromatic carboxylic acids is 1. The zero-order valence-electron chi connectivity index (χ0n) is 10.5. The number of hydrogen-bond acceptors (Lipinski definition) is 2. The van der Waals surface area contributed by atoms with Crippen LogP contribution in [0, 0.1) is 0 Å². The highest BCUT2D eigenvalue weighted by molar-refractivity contribution is 5.88. The summed E-state index contributed by atoms with van der Waals surface area (Å²) in [5, 5.41) is 12.3. The van der Waals surface area contributed by atoms with E-state index in [9.17, 15) is 4.79 Å². The molecule has 0 aromatic heterocycles. The third-order valence-electron chi connectivity index (χ3n) is 3.51. The van der Waals surface area contributed by atoms with Crippen LogP contribution in [0.5, 0.6) is 0 Å². The van der Waals surface area contributed by atoms with E-state index in [1.165, 1.54) is 11.3 Å². The lowest BCUT2D eigenvalue weighted by Gasteiger charge is -2.18. The first kappa shape index (κ1) is 11.8. The minimum absolute atomic E-state index is 0.323. The summed E-state index contributed by atoms with van der Waals surface area (Å²) in [6.45, 7) is 1.04. The highest BCUT2D eigenvalue weighted by atomic mass is 16.4. The summed E-state index contributed by atoms with van der Waals surface area (Å²) in [4.78, 5) is 10.8. The molecule has 0 radical (unpaired) electrons. The van der Waals surface area contributed by atoms with Crippen molar-refractivity contribution in [1.82, 2.24) is 0 Å². The lowest BCUT2D eigenvalue weighted by Crippen LogP contribution is -2.11. The number of carboxylic acids is 1. The van der Waals surface area contributed by atoms with Crippen LogP contribution in [0.15, 0.2) is 42.5 Å². The Labute approximate surface area is 111 Å². The maximum Gasteiger partial charge on any atom is 0.335 e. The van der Waals surface area contributed by atoms with Gasteiger partial charge < -0.3 is 10.4 Å². The normalized spacial score (nSPS) is 13.5. The van der Waals surface area contributed by atoms with Gasteiger partial charge in [-0.3, -0.25) is 0 Å². The monoisotopic (exact) mass is 253 g/mol. The van der Waals surface area contributed by atoms with Crippen molar-refractivity contribution in [1.29, 1.82) is 0 Å². The Balaban J connectivity index is 1.95. The molecule has 0 atom stereocenters. The molecule has 3 nitrogen and oxygen atoms in total. The molecule has 0 amide bonds. The van der Waals surface area contributed by atoms with Crippen molar-refractivity contribution in [2.75, 3.05) is 11.9 Å². The molecule has 1 aliphatic heterocycles. The molecule has 0 fully saturated rings.